The number of piperidine rings is 1. The van der Waals surface area contributed by atoms with Crippen LogP contribution in [0.3, 0.4) is 0 Å². The van der Waals surface area contributed by atoms with E-state index in [1.54, 1.807) is 0 Å². The molecule has 0 unspecified atom stereocenters. The predicted octanol–water partition coefficient (Wildman–Crippen LogP) is 2.50. The monoisotopic (exact) mass is 345 g/mol. The minimum Gasteiger partial charge on any atom is -0.394 e. The molecule has 5 nitrogen and oxygen atoms in total. The number of likely N-dealkylation sites (tertiary alicyclic amines) is 1. The van der Waals surface area contributed by atoms with Crippen LogP contribution in [0.4, 0.5) is 4.79 Å². The van der Waals surface area contributed by atoms with E-state index in [9.17, 15) is 9.90 Å². The van der Waals surface area contributed by atoms with E-state index in [4.69, 9.17) is 0 Å². The Balaban J connectivity index is 1.42. The number of aliphatic hydroxyl groups is 1. The number of nitrogens with zero attached hydrogens (tertiary/aromatic N) is 1. The van der Waals surface area contributed by atoms with Crippen molar-refractivity contribution in [3.8, 4) is 0 Å². The topological polar surface area (TPSA) is 64.6 Å². The third-order valence-corrected chi connectivity index (χ3v) is 5.65. The van der Waals surface area contributed by atoms with E-state index in [0.29, 0.717) is 12.5 Å². The standard InChI is InChI=1S/C20H31N3O2/c24-16-20(10-4-5-11-20)22-19(25)21-13-18-9-6-12-23(15-18)14-17-7-2-1-3-8-17/h1-3,7-8,18,24H,4-6,9-16H2,(H2,21,22,25)/t18-/m0/s1. The molecule has 25 heavy (non-hydrogen) atoms. The van der Waals surface area contributed by atoms with Crippen LogP contribution in [-0.2, 0) is 6.54 Å². The van der Waals surface area contributed by atoms with Gasteiger partial charge in [-0.1, -0.05) is 43.2 Å². The second kappa shape index (κ2) is 8.68. The summed E-state index contributed by atoms with van der Waals surface area (Å²) in [5, 5.41) is 15.7. The van der Waals surface area contributed by atoms with Gasteiger partial charge in [0, 0.05) is 19.6 Å². The van der Waals surface area contributed by atoms with E-state index in [0.717, 1.165) is 51.7 Å². The number of benzene rings is 1. The van der Waals surface area contributed by atoms with Crippen LogP contribution < -0.4 is 10.6 Å². The zero-order valence-electron chi connectivity index (χ0n) is 15.0. The quantitative estimate of drug-likeness (QED) is 0.742. The van der Waals surface area contributed by atoms with Crippen LogP contribution in [0.1, 0.15) is 44.1 Å². The Morgan fingerprint density at radius 1 is 1.20 bits per heavy atom. The van der Waals surface area contributed by atoms with Crippen molar-refractivity contribution in [1.82, 2.24) is 15.5 Å². The van der Waals surface area contributed by atoms with Gasteiger partial charge in [-0.2, -0.15) is 0 Å². The highest BCUT2D eigenvalue weighted by molar-refractivity contribution is 5.74. The molecule has 1 saturated heterocycles. The maximum absolute atomic E-state index is 12.2. The lowest BCUT2D eigenvalue weighted by molar-refractivity contribution is 0.154. The molecule has 0 spiro atoms. The number of carbonyl (C=O) groups is 1. The number of amides is 2. The van der Waals surface area contributed by atoms with Crippen molar-refractivity contribution in [3.05, 3.63) is 35.9 Å². The maximum Gasteiger partial charge on any atom is 0.315 e. The van der Waals surface area contributed by atoms with Crippen molar-refractivity contribution < 1.29 is 9.90 Å². The van der Waals surface area contributed by atoms with Gasteiger partial charge >= 0.3 is 6.03 Å². The number of carbonyl (C=O) groups excluding carboxylic acids is 1. The van der Waals surface area contributed by atoms with Crippen molar-refractivity contribution in [1.29, 1.82) is 0 Å². The van der Waals surface area contributed by atoms with Crippen molar-refractivity contribution in [2.75, 3.05) is 26.2 Å². The molecule has 1 aromatic rings. The van der Waals surface area contributed by atoms with Gasteiger partial charge in [0.15, 0.2) is 0 Å². The molecule has 2 fully saturated rings. The average Bonchev–Trinajstić information content (AvgIpc) is 3.10. The highest BCUT2D eigenvalue weighted by atomic mass is 16.3. The molecular formula is C20H31N3O2. The van der Waals surface area contributed by atoms with Gasteiger partial charge in [0.1, 0.15) is 0 Å². The van der Waals surface area contributed by atoms with Crippen LogP contribution in [-0.4, -0.2) is 47.8 Å². The summed E-state index contributed by atoms with van der Waals surface area (Å²) >= 11 is 0. The fourth-order valence-corrected chi connectivity index (χ4v) is 4.20. The second-order valence-corrected chi connectivity index (χ2v) is 7.71. The molecule has 1 heterocycles. The van der Waals surface area contributed by atoms with Gasteiger partial charge in [-0.25, -0.2) is 4.79 Å². The largest absolute Gasteiger partial charge is 0.394 e. The Bertz CT molecular complexity index is 543. The molecule has 3 rings (SSSR count). The normalized spacial score (nSPS) is 23.3. The summed E-state index contributed by atoms with van der Waals surface area (Å²) in [7, 11) is 0. The first-order valence-corrected chi connectivity index (χ1v) is 9.62. The molecule has 5 heteroatoms. The fourth-order valence-electron chi connectivity index (χ4n) is 4.20. The third-order valence-electron chi connectivity index (χ3n) is 5.65. The minimum atomic E-state index is -0.393. The van der Waals surface area contributed by atoms with Crippen molar-refractivity contribution in [3.63, 3.8) is 0 Å². The molecule has 2 amide bonds. The van der Waals surface area contributed by atoms with Gasteiger partial charge < -0.3 is 15.7 Å². The average molecular weight is 345 g/mol. The zero-order chi connectivity index (χ0) is 17.5. The first-order chi connectivity index (χ1) is 12.2. The Hall–Kier alpha value is -1.59. The summed E-state index contributed by atoms with van der Waals surface area (Å²) in [6, 6.07) is 10.4. The molecule has 1 atom stereocenters. The zero-order valence-corrected chi connectivity index (χ0v) is 15.0. The molecule has 1 aliphatic heterocycles. The van der Waals surface area contributed by atoms with Crippen LogP contribution in [0.25, 0.3) is 0 Å². The first-order valence-electron chi connectivity index (χ1n) is 9.62. The first kappa shape index (κ1) is 18.2. The van der Waals surface area contributed by atoms with E-state index in [2.05, 4.69) is 45.9 Å². The van der Waals surface area contributed by atoms with Crippen LogP contribution in [0, 0.1) is 5.92 Å². The van der Waals surface area contributed by atoms with Crippen molar-refractivity contribution in [2.45, 2.75) is 50.6 Å². The van der Waals surface area contributed by atoms with Gasteiger partial charge in [0.2, 0.25) is 0 Å². The lowest BCUT2D eigenvalue weighted by atomic mass is 9.97. The van der Waals surface area contributed by atoms with E-state index < -0.39 is 5.54 Å². The molecular weight excluding hydrogens is 314 g/mol. The lowest BCUT2D eigenvalue weighted by Gasteiger charge is -2.33. The second-order valence-electron chi connectivity index (χ2n) is 7.71. The summed E-state index contributed by atoms with van der Waals surface area (Å²) in [6.45, 7) is 3.88. The molecule has 2 aliphatic rings. The number of hydrogen-bond donors (Lipinski definition) is 3. The molecule has 0 radical (unpaired) electrons. The SMILES string of the molecule is O=C(NC[C@@H]1CCCN(Cc2ccccc2)C1)NC1(CO)CCCC1. The van der Waals surface area contributed by atoms with Gasteiger partial charge in [0.25, 0.3) is 0 Å². The van der Waals surface area contributed by atoms with E-state index in [-0.39, 0.29) is 12.6 Å². The molecule has 1 aliphatic carbocycles. The maximum atomic E-state index is 12.2. The molecule has 1 aromatic carbocycles. The number of hydrogen-bond acceptors (Lipinski definition) is 3. The fraction of sp³-hybridized carbons (Fsp3) is 0.650. The lowest BCUT2D eigenvalue weighted by Crippen LogP contribution is -2.54. The molecule has 0 bridgehead atoms. The Morgan fingerprint density at radius 2 is 1.96 bits per heavy atom. The molecule has 3 N–H and O–H groups in total. The van der Waals surface area contributed by atoms with Gasteiger partial charge in [-0.05, 0) is 43.7 Å². The van der Waals surface area contributed by atoms with Gasteiger partial charge in [0.05, 0.1) is 12.1 Å². The van der Waals surface area contributed by atoms with Crippen LogP contribution in [0.5, 0.6) is 0 Å². The highest BCUT2D eigenvalue weighted by Crippen LogP contribution is 2.29. The molecule has 1 saturated carbocycles. The van der Waals surface area contributed by atoms with Crippen LogP contribution >= 0.6 is 0 Å². The Labute approximate surface area is 150 Å². The number of rotatable bonds is 6. The van der Waals surface area contributed by atoms with Crippen LogP contribution in [0.2, 0.25) is 0 Å². The highest BCUT2D eigenvalue weighted by Gasteiger charge is 2.34. The minimum absolute atomic E-state index is 0.0364. The smallest absolute Gasteiger partial charge is 0.315 e. The molecule has 138 valence electrons. The summed E-state index contributed by atoms with van der Waals surface area (Å²) in [5.41, 5.74) is 0.954. The predicted molar refractivity (Wildman–Crippen MR) is 99.3 cm³/mol. The van der Waals surface area contributed by atoms with E-state index in [1.165, 1.54) is 12.0 Å². The van der Waals surface area contributed by atoms with E-state index >= 15 is 0 Å². The van der Waals surface area contributed by atoms with Crippen molar-refractivity contribution >= 4 is 6.03 Å². The summed E-state index contributed by atoms with van der Waals surface area (Å²) < 4.78 is 0. The van der Waals surface area contributed by atoms with E-state index in [1.807, 2.05) is 0 Å². The van der Waals surface area contributed by atoms with Gasteiger partial charge in [-0.15, -0.1) is 0 Å². The Kier molecular flexibility index (Phi) is 6.32. The number of nitrogens with one attached hydrogen (secondary N) is 2. The number of aliphatic hydroxyl groups excluding tert-OH is 1. The third kappa shape index (κ3) is 5.19. The number of urea groups is 1. The summed E-state index contributed by atoms with van der Waals surface area (Å²) in [6.07, 6.45) is 6.27. The molecule has 0 aromatic heterocycles. The Morgan fingerprint density at radius 3 is 2.68 bits per heavy atom. The summed E-state index contributed by atoms with van der Waals surface area (Å²) in [4.78, 5) is 14.7. The van der Waals surface area contributed by atoms with Gasteiger partial charge in [-0.3, -0.25) is 4.90 Å². The summed E-state index contributed by atoms with van der Waals surface area (Å²) in [5.74, 6) is 0.497. The van der Waals surface area contributed by atoms with Crippen molar-refractivity contribution in [2.24, 2.45) is 5.92 Å². The van der Waals surface area contributed by atoms with Crippen LogP contribution in [0.15, 0.2) is 30.3 Å².